The summed E-state index contributed by atoms with van der Waals surface area (Å²) in [4.78, 5) is 27.5. The first kappa shape index (κ1) is 14.2. The van der Waals surface area contributed by atoms with Crippen molar-refractivity contribution in [2.45, 2.75) is 38.6 Å². The topological polar surface area (TPSA) is 96.6 Å². The van der Waals surface area contributed by atoms with Crippen LogP contribution in [0.1, 0.15) is 43.0 Å². The van der Waals surface area contributed by atoms with E-state index in [2.05, 4.69) is 4.98 Å². The fourth-order valence-corrected chi connectivity index (χ4v) is 2.72. The van der Waals surface area contributed by atoms with Crippen molar-refractivity contribution in [1.29, 1.82) is 0 Å². The molecule has 0 spiro atoms. The Labute approximate surface area is 116 Å². The normalized spacial score (nSPS) is 15.2. The molecule has 0 amide bonds. The quantitative estimate of drug-likeness (QED) is 0.657. The highest BCUT2D eigenvalue weighted by Gasteiger charge is 2.29. The summed E-state index contributed by atoms with van der Waals surface area (Å²) >= 11 is 0. The maximum atomic E-state index is 11.2. The monoisotopic (exact) mass is 279 g/mol. The minimum Gasteiger partial charge on any atom is -0.478 e. The fraction of sp³-hybridized carbons (Fsp3) is 0.538. The number of carboxylic acid groups (broad SMARTS) is 1. The number of nitro groups is 1. The van der Waals surface area contributed by atoms with Crippen molar-refractivity contribution in [3.63, 3.8) is 0 Å². The van der Waals surface area contributed by atoms with Crippen molar-refractivity contribution in [1.82, 2.24) is 4.98 Å². The van der Waals surface area contributed by atoms with Crippen molar-refractivity contribution < 1.29 is 14.8 Å². The average molecular weight is 279 g/mol. The van der Waals surface area contributed by atoms with Gasteiger partial charge >= 0.3 is 11.7 Å². The van der Waals surface area contributed by atoms with Gasteiger partial charge < -0.3 is 10.0 Å². The van der Waals surface area contributed by atoms with E-state index >= 15 is 0 Å². The molecule has 0 unspecified atom stereocenters. The second-order valence-electron chi connectivity index (χ2n) is 4.85. The number of aromatic nitrogens is 1. The average Bonchev–Trinajstić information content (AvgIpc) is 2.93. The Kier molecular flexibility index (Phi) is 4.16. The largest absolute Gasteiger partial charge is 0.478 e. The molecule has 1 aliphatic carbocycles. The van der Waals surface area contributed by atoms with Crippen LogP contribution < -0.4 is 4.90 Å². The Morgan fingerprint density at radius 2 is 2.20 bits per heavy atom. The van der Waals surface area contributed by atoms with Gasteiger partial charge in [0, 0.05) is 24.8 Å². The zero-order valence-electron chi connectivity index (χ0n) is 11.3. The Bertz CT molecular complexity index is 526. The number of nitrogens with zero attached hydrogens (tertiary/aromatic N) is 3. The van der Waals surface area contributed by atoms with Crippen LogP contribution in [0.15, 0.2) is 12.3 Å². The van der Waals surface area contributed by atoms with Crippen LogP contribution in [0, 0.1) is 10.1 Å². The molecule has 1 saturated carbocycles. The van der Waals surface area contributed by atoms with E-state index in [-0.39, 0.29) is 23.1 Å². The second kappa shape index (κ2) is 5.85. The van der Waals surface area contributed by atoms with Crippen molar-refractivity contribution in [2.75, 3.05) is 11.4 Å². The molecule has 0 aromatic carbocycles. The van der Waals surface area contributed by atoms with Crippen LogP contribution in [0.25, 0.3) is 0 Å². The van der Waals surface area contributed by atoms with Gasteiger partial charge in [-0.25, -0.2) is 9.78 Å². The number of rotatable bonds is 5. The number of pyridine rings is 1. The van der Waals surface area contributed by atoms with E-state index in [1.165, 1.54) is 6.20 Å². The predicted octanol–water partition coefficient (Wildman–Crippen LogP) is 2.46. The first-order valence-electron chi connectivity index (χ1n) is 6.69. The third-order valence-electron chi connectivity index (χ3n) is 3.67. The van der Waals surface area contributed by atoms with E-state index in [0.717, 1.165) is 31.7 Å². The molecule has 108 valence electrons. The van der Waals surface area contributed by atoms with Crippen LogP contribution in [-0.4, -0.2) is 33.6 Å². The van der Waals surface area contributed by atoms with Gasteiger partial charge in [-0.3, -0.25) is 10.1 Å². The molecule has 2 rings (SSSR count). The molecule has 0 saturated heterocycles. The molecular formula is C13H17N3O4. The highest BCUT2D eigenvalue weighted by Crippen LogP contribution is 2.32. The van der Waals surface area contributed by atoms with E-state index in [9.17, 15) is 14.9 Å². The summed E-state index contributed by atoms with van der Waals surface area (Å²) in [5.74, 6) is -0.939. The SMILES string of the molecule is CCN(c1ncc(C(=O)O)cc1[N+](=O)[O-])C1CCCC1. The van der Waals surface area contributed by atoms with Gasteiger partial charge in [0.2, 0.25) is 5.82 Å². The van der Waals surface area contributed by atoms with Crippen LogP contribution in [0.3, 0.4) is 0 Å². The fourth-order valence-electron chi connectivity index (χ4n) is 2.72. The highest BCUT2D eigenvalue weighted by atomic mass is 16.6. The first-order chi connectivity index (χ1) is 9.54. The van der Waals surface area contributed by atoms with Gasteiger partial charge in [0.1, 0.15) is 0 Å². The number of carboxylic acids is 1. The second-order valence-corrected chi connectivity index (χ2v) is 4.85. The molecule has 1 fully saturated rings. The highest BCUT2D eigenvalue weighted by molar-refractivity contribution is 5.88. The third kappa shape index (κ3) is 2.71. The lowest BCUT2D eigenvalue weighted by Crippen LogP contribution is -2.34. The van der Waals surface area contributed by atoms with Gasteiger partial charge in [0.25, 0.3) is 0 Å². The molecule has 1 aliphatic rings. The van der Waals surface area contributed by atoms with Crippen LogP contribution >= 0.6 is 0 Å². The maximum Gasteiger partial charge on any atom is 0.337 e. The Hall–Kier alpha value is -2.18. The summed E-state index contributed by atoms with van der Waals surface area (Å²) in [6.07, 6.45) is 5.40. The molecular weight excluding hydrogens is 262 g/mol. The molecule has 0 atom stereocenters. The van der Waals surface area contributed by atoms with Gasteiger partial charge in [-0.1, -0.05) is 12.8 Å². The number of hydrogen-bond acceptors (Lipinski definition) is 5. The van der Waals surface area contributed by atoms with Crippen LogP contribution in [0.2, 0.25) is 0 Å². The zero-order valence-corrected chi connectivity index (χ0v) is 11.3. The Balaban J connectivity index is 2.42. The molecule has 1 heterocycles. The van der Waals surface area contributed by atoms with Gasteiger partial charge in [-0.05, 0) is 19.8 Å². The standard InChI is InChI=1S/C13H17N3O4/c1-2-15(10-5-3-4-6-10)12-11(16(19)20)7-9(8-14-12)13(17)18/h7-8,10H,2-6H2,1H3,(H,17,18). The number of anilines is 1. The summed E-state index contributed by atoms with van der Waals surface area (Å²) < 4.78 is 0. The molecule has 20 heavy (non-hydrogen) atoms. The predicted molar refractivity (Wildman–Crippen MR) is 73.1 cm³/mol. The van der Waals surface area contributed by atoms with E-state index < -0.39 is 10.9 Å². The first-order valence-corrected chi connectivity index (χ1v) is 6.69. The molecule has 1 aromatic rings. The van der Waals surface area contributed by atoms with E-state index in [1.807, 2.05) is 11.8 Å². The summed E-state index contributed by atoms with van der Waals surface area (Å²) in [5, 5.41) is 20.1. The number of hydrogen-bond donors (Lipinski definition) is 1. The maximum absolute atomic E-state index is 11.2. The molecule has 1 N–H and O–H groups in total. The number of carbonyl (C=O) groups is 1. The van der Waals surface area contributed by atoms with E-state index in [0.29, 0.717) is 6.54 Å². The molecule has 1 aromatic heterocycles. The van der Waals surface area contributed by atoms with Crippen molar-refractivity contribution >= 4 is 17.5 Å². The van der Waals surface area contributed by atoms with Gasteiger partial charge in [-0.2, -0.15) is 0 Å². The van der Waals surface area contributed by atoms with Gasteiger partial charge in [0.15, 0.2) is 0 Å². The van der Waals surface area contributed by atoms with E-state index in [4.69, 9.17) is 5.11 Å². The van der Waals surface area contributed by atoms with Crippen molar-refractivity contribution in [3.05, 3.63) is 27.9 Å². The molecule has 7 nitrogen and oxygen atoms in total. The summed E-state index contributed by atoms with van der Waals surface area (Å²) in [7, 11) is 0. The molecule has 0 bridgehead atoms. The Morgan fingerprint density at radius 3 is 2.70 bits per heavy atom. The Morgan fingerprint density at radius 1 is 1.55 bits per heavy atom. The van der Waals surface area contributed by atoms with Crippen molar-refractivity contribution in [2.24, 2.45) is 0 Å². The number of aromatic carboxylic acids is 1. The smallest absolute Gasteiger partial charge is 0.337 e. The molecule has 0 radical (unpaired) electrons. The summed E-state index contributed by atoms with van der Waals surface area (Å²) in [5.41, 5.74) is -0.401. The third-order valence-corrected chi connectivity index (χ3v) is 3.67. The van der Waals surface area contributed by atoms with Gasteiger partial charge in [-0.15, -0.1) is 0 Å². The lowest BCUT2D eigenvalue weighted by molar-refractivity contribution is -0.384. The minimum atomic E-state index is -1.21. The van der Waals surface area contributed by atoms with Gasteiger partial charge in [0.05, 0.1) is 10.5 Å². The molecule has 0 aliphatic heterocycles. The van der Waals surface area contributed by atoms with E-state index in [1.54, 1.807) is 0 Å². The summed E-state index contributed by atoms with van der Waals surface area (Å²) in [6, 6.07) is 1.34. The lowest BCUT2D eigenvalue weighted by Gasteiger charge is -2.28. The minimum absolute atomic E-state index is 0.164. The lowest BCUT2D eigenvalue weighted by atomic mass is 10.2. The van der Waals surface area contributed by atoms with Crippen LogP contribution in [0.5, 0.6) is 0 Å². The van der Waals surface area contributed by atoms with Crippen LogP contribution in [0.4, 0.5) is 11.5 Å². The molecule has 7 heteroatoms. The van der Waals surface area contributed by atoms with Crippen molar-refractivity contribution in [3.8, 4) is 0 Å². The zero-order chi connectivity index (χ0) is 14.7. The summed E-state index contributed by atoms with van der Waals surface area (Å²) in [6.45, 7) is 2.54. The van der Waals surface area contributed by atoms with Crippen LogP contribution in [-0.2, 0) is 0 Å².